The summed E-state index contributed by atoms with van der Waals surface area (Å²) in [6.07, 6.45) is 2.96. The topological polar surface area (TPSA) is 97.8 Å². The Morgan fingerprint density at radius 1 is 1.00 bits per heavy atom. The molecule has 0 spiro atoms. The average Bonchev–Trinajstić information content (AvgIpc) is 3.55. The van der Waals surface area contributed by atoms with Crippen LogP contribution < -0.4 is 5.32 Å². The van der Waals surface area contributed by atoms with Crippen LogP contribution in [0, 0.1) is 5.92 Å². The van der Waals surface area contributed by atoms with E-state index in [9.17, 15) is 15.0 Å². The van der Waals surface area contributed by atoms with Crippen LogP contribution in [0.25, 0.3) is 10.9 Å². The molecule has 4 atom stereocenters. The molecule has 8 heteroatoms. The van der Waals surface area contributed by atoms with Gasteiger partial charge in [0.2, 0.25) is 5.91 Å². The minimum Gasteiger partial charge on any atom is -0.396 e. The van der Waals surface area contributed by atoms with Crippen LogP contribution in [-0.2, 0) is 35.4 Å². The third-order valence-electron chi connectivity index (χ3n) is 7.70. The standard InChI is InChI=1S/C32H36ClN3O4/c1-21(38)31-28(20-37)30(32(39)34-17-16-25-18-35-29-5-3-2-4-27(25)29)36(40-31)19-24-10-8-22(9-11-24)6-7-23-12-14-26(33)15-13-23/h2-5,8-15,18,21,28,30-31,35,37-38H,6-7,16-17,19-20H2,1H3,(H,34,39)/t21-,28-,30?,31-/m1/s1. The van der Waals surface area contributed by atoms with Gasteiger partial charge in [-0.3, -0.25) is 9.63 Å². The Morgan fingerprint density at radius 2 is 1.65 bits per heavy atom. The van der Waals surface area contributed by atoms with Gasteiger partial charge in [0.15, 0.2) is 0 Å². The van der Waals surface area contributed by atoms with Gasteiger partial charge in [-0.1, -0.05) is 66.2 Å². The Labute approximate surface area is 239 Å². The van der Waals surface area contributed by atoms with Crippen molar-refractivity contribution in [3.8, 4) is 0 Å². The molecule has 4 aromatic rings. The third kappa shape index (κ3) is 6.57. The normalized spacial score (nSPS) is 20.1. The summed E-state index contributed by atoms with van der Waals surface area (Å²) in [5.74, 6) is -0.770. The van der Waals surface area contributed by atoms with Crippen LogP contribution in [0.3, 0.4) is 0 Å². The zero-order valence-electron chi connectivity index (χ0n) is 22.6. The number of aromatic amines is 1. The molecule has 0 aliphatic carbocycles. The lowest BCUT2D eigenvalue weighted by Crippen LogP contribution is -2.48. The predicted molar refractivity (Wildman–Crippen MR) is 157 cm³/mol. The molecular weight excluding hydrogens is 526 g/mol. The van der Waals surface area contributed by atoms with Crippen LogP contribution in [0.2, 0.25) is 5.02 Å². The molecular formula is C32H36ClN3O4. The lowest BCUT2D eigenvalue weighted by atomic mass is 9.92. The van der Waals surface area contributed by atoms with Crippen LogP contribution in [0.15, 0.2) is 79.0 Å². The van der Waals surface area contributed by atoms with E-state index in [1.54, 1.807) is 12.0 Å². The molecule has 1 aromatic heterocycles. The number of carbonyl (C=O) groups is 1. The molecule has 4 N–H and O–H groups in total. The predicted octanol–water partition coefficient (Wildman–Crippen LogP) is 4.44. The first-order valence-corrected chi connectivity index (χ1v) is 14.2. The number of nitrogens with zero attached hydrogens (tertiary/aromatic N) is 1. The van der Waals surface area contributed by atoms with Gasteiger partial charge < -0.3 is 20.5 Å². The molecule has 3 aromatic carbocycles. The Bertz CT molecular complexity index is 1400. The molecule has 0 bridgehead atoms. The molecule has 2 heterocycles. The first-order valence-electron chi connectivity index (χ1n) is 13.8. The van der Waals surface area contributed by atoms with Crippen molar-refractivity contribution < 1.29 is 19.8 Å². The van der Waals surface area contributed by atoms with Gasteiger partial charge in [0.25, 0.3) is 0 Å². The third-order valence-corrected chi connectivity index (χ3v) is 7.95. The SMILES string of the molecule is C[C@@H](O)[C@H]1ON(Cc2ccc(CCc3ccc(Cl)cc3)cc2)C(C(=O)NCCc2c[nH]c3ccccc23)[C@H]1CO. The largest absolute Gasteiger partial charge is 0.396 e. The molecule has 1 aliphatic rings. The van der Waals surface area contributed by atoms with Crippen LogP contribution in [-0.4, -0.2) is 57.6 Å². The van der Waals surface area contributed by atoms with Crippen molar-refractivity contribution in [1.82, 2.24) is 15.4 Å². The molecule has 7 nitrogen and oxygen atoms in total. The van der Waals surface area contributed by atoms with Crippen molar-refractivity contribution >= 4 is 28.4 Å². The number of nitrogens with one attached hydrogen (secondary N) is 2. The first-order chi connectivity index (χ1) is 19.4. The summed E-state index contributed by atoms with van der Waals surface area (Å²) in [7, 11) is 0. The van der Waals surface area contributed by atoms with Crippen LogP contribution >= 0.6 is 11.6 Å². The fourth-order valence-electron chi connectivity index (χ4n) is 5.50. The Kier molecular flexibility index (Phi) is 9.19. The van der Waals surface area contributed by atoms with Crippen LogP contribution in [0.1, 0.15) is 29.2 Å². The van der Waals surface area contributed by atoms with Gasteiger partial charge in [-0.15, -0.1) is 0 Å². The summed E-state index contributed by atoms with van der Waals surface area (Å²) in [5, 5.41) is 27.0. The number of amides is 1. The zero-order chi connectivity index (χ0) is 28.1. The minimum atomic E-state index is -0.834. The summed E-state index contributed by atoms with van der Waals surface area (Å²) in [6, 6.07) is 23.5. The number of aliphatic hydroxyl groups is 2. The monoisotopic (exact) mass is 561 g/mol. The van der Waals surface area contributed by atoms with Gasteiger partial charge in [0.1, 0.15) is 12.1 Å². The van der Waals surface area contributed by atoms with E-state index in [0.717, 1.165) is 39.9 Å². The maximum Gasteiger partial charge on any atom is 0.240 e. The summed E-state index contributed by atoms with van der Waals surface area (Å²) in [6.45, 7) is 2.16. The Balaban J connectivity index is 1.22. The van der Waals surface area contributed by atoms with Gasteiger partial charge in [-0.05, 0) is 66.6 Å². The average molecular weight is 562 g/mol. The van der Waals surface area contributed by atoms with E-state index in [2.05, 4.69) is 28.5 Å². The van der Waals surface area contributed by atoms with Crippen LogP contribution in [0.4, 0.5) is 0 Å². The van der Waals surface area contributed by atoms with Gasteiger partial charge in [0.05, 0.1) is 19.3 Å². The molecule has 0 radical (unpaired) electrons. The number of fused-ring (bicyclic) bond motifs is 1. The van der Waals surface area contributed by atoms with E-state index < -0.39 is 24.2 Å². The van der Waals surface area contributed by atoms with E-state index >= 15 is 0 Å². The van der Waals surface area contributed by atoms with Crippen molar-refractivity contribution in [2.75, 3.05) is 13.2 Å². The number of hydrogen-bond donors (Lipinski definition) is 4. The molecule has 40 heavy (non-hydrogen) atoms. The van der Waals surface area contributed by atoms with Crippen LogP contribution in [0.5, 0.6) is 0 Å². The fraction of sp³-hybridized carbons (Fsp3) is 0.344. The molecule has 0 saturated carbocycles. The molecule has 5 rings (SSSR count). The highest BCUT2D eigenvalue weighted by molar-refractivity contribution is 6.30. The smallest absolute Gasteiger partial charge is 0.240 e. The number of benzene rings is 3. The van der Waals surface area contributed by atoms with E-state index in [1.807, 2.05) is 60.8 Å². The summed E-state index contributed by atoms with van der Waals surface area (Å²) in [4.78, 5) is 22.8. The lowest BCUT2D eigenvalue weighted by Gasteiger charge is -2.24. The number of aliphatic hydroxyl groups excluding tert-OH is 2. The molecule has 1 saturated heterocycles. The van der Waals surface area contributed by atoms with E-state index in [4.69, 9.17) is 16.4 Å². The second-order valence-corrected chi connectivity index (χ2v) is 11.0. The first kappa shape index (κ1) is 28.3. The fourth-order valence-corrected chi connectivity index (χ4v) is 5.62. The summed E-state index contributed by atoms with van der Waals surface area (Å²) in [5.41, 5.74) is 5.62. The number of aromatic nitrogens is 1. The Hall–Kier alpha value is -3.20. The van der Waals surface area contributed by atoms with Crippen molar-refractivity contribution in [1.29, 1.82) is 0 Å². The van der Waals surface area contributed by atoms with Gasteiger partial charge in [-0.25, -0.2) is 0 Å². The molecule has 210 valence electrons. The molecule has 1 fully saturated rings. The van der Waals surface area contributed by atoms with Gasteiger partial charge >= 0.3 is 0 Å². The van der Waals surface area contributed by atoms with Crippen molar-refractivity contribution in [3.05, 3.63) is 106 Å². The maximum atomic E-state index is 13.4. The van der Waals surface area contributed by atoms with Gasteiger partial charge in [-0.2, -0.15) is 5.06 Å². The molecule has 1 amide bonds. The lowest BCUT2D eigenvalue weighted by molar-refractivity contribution is -0.192. The number of hydrogen-bond acceptors (Lipinski definition) is 5. The number of carbonyl (C=O) groups excluding carboxylic acids is 1. The highest BCUT2D eigenvalue weighted by Gasteiger charge is 2.48. The number of H-pyrrole nitrogens is 1. The van der Waals surface area contributed by atoms with Crippen molar-refractivity contribution in [2.45, 2.75) is 51.0 Å². The highest BCUT2D eigenvalue weighted by atomic mass is 35.5. The minimum absolute atomic E-state index is 0.221. The van der Waals surface area contributed by atoms with E-state index in [-0.39, 0.29) is 12.5 Å². The molecule has 1 unspecified atom stereocenters. The number of hydroxylamine groups is 2. The Morgan fingerprint density at radius 3 is 2.33 bits per heavy atom. The number of halogens is 1. The number of para-hydroxylation sites is 1. The van der Waals surface area contributed by atoms with Crippen molar-refractivity contribution in [3.63, 3.8) is 0 Å². The summed E-state index contributed by atoms with van der Waals surface area (Å²) >= 11 is 5.99. The maximum absolute atomic E-state index is 13.4. The summed E-state index contributed by atoms with van der Waals surface area (Å²) < 4.78 is 0. The second kappa shape index (κ2) is 13.0. The zero-order valence-corrected chi connectivity index (χ0v) is 23.3. The quantitative estimate of drug-likeness (QED) is 0.217. The van der Waals surface area contributed by atoms with Gasteiger partial charge in [0, 0.05) is 34.6 Å². The van der Waals surface area contributed by atoms with Crippen molar-refractivity contribution in [2.24, 2.45) is 5.92 Å². The number of aryl methyl sites for hydroxylation is 2. The highest BCUT2D eigenvalue weighted by Crippen LogP contribution is 2.31. The molecule has 1 aliphatic heterocycles. The van der Waals surface area contributed by atoms with E-state index in [0.29, 0.717) is 19.5 Å². The van der Waals surface area contributed by atoms with E-state index in [1.165, 1.54) is 11.1 Å². The number of rotatable bonds is 11. The second-order valence-electron chi connectivity index (χ2n) is 10.5.